The van der Waals surface area contributed by atoms with Crippen molar-refractivity contribution in [3.63, 3.8) is 0 Å². The van der Waals surface area contributed by atoms with E-state index in [1.807, 2.05) is 18.2 Å². The highest BCUT2D eigenvalue weighted by atomic mass is 16.2. The van der Waals surface area contributed by atoms with Crippen molar-refractivity contribution in [3.05, 3.63) is 59.7 Å². The highest BCUT2D eigenvalue weighted by Gasteiger charge is 2.51. The zero-order chi connectivity index (χ0) is 18.4. The van der Waals surface area contributed by atoms with Gasteiger partial charge in [-0.1, -0.05) is 30.3 Å². The van der Waals surface area contributed by atoms with Crippen LogP contribution in [0.2, 0.25) is 0 Å². The van der Waals surface area contributed by atoms with E-state index in [4.69, 9.17) is 4.99 Å². The Labute approximate surface area is 158 Å². The lowest BCUT2D eigenvalue weighted by molar-refractivity contribution is -0.143. The van der Waals surface area contributed by atoms with Crippen molar-refractivity contribution in [2.24, 2.45) is 10.9 Å². The van der Waals surface area contributed by atoms with E-state index in [-0.39, 0.29) is 11.8 Å². The molecule has 5 heteroatoms. The first-order chi connectivity index (χ1) is 13.2. The summed E-state index contributed by atoms with van der Waals surface area (Å²) < 4.78 is 0. The lowest BCUT2D eigenvalue weighted by atomic mass is 9.82. The molecule has 0 atom stereocenters. The normalized spacial score (nSPS) is 19.0. The number of nitrogens with zero attached hydrogens (tertiary/aromatic N) is 3. The summed E-state index contributed by atoms with van der Waals surface area (Å²) >= 11 is 0. The van der Waals surface area contributed by atoms with Crippen LogP contribution in [0.15, 0.2) is 53.5 Å². The molecule has 0 aromatic heterocycles. The van der Waals surface area contributed by atoms with Crippen LogP contribution in [0.4, 0.5) is 11.4 Å². The molecule has 0 aliphatic carbocycles. The minimum Gasteiger partial charge on any atom is -0.371 e. The van der Waals surface area contributed by atoms with Gasteiger partial charge in [0, 0.05) is 37.3 Å². The second kappa shape index (κ2) is 6.34. The van der Waals surface area contributed by atoms with Gasteiger partial charge in [-0.25, -0.2) is 4.90 Å². The monoisotopic (exact) mass is 359 g/mol. The molecule has 2 saturated heterocycles. The van der Waals surface area contributed by atoms with Crippen molar-refractivity contribution in [2.75, 3.05) is 22.9 Å². The second-order valence-corrected chi connectivity index (χ2v) is 7.44. The van der Waals surface area contributed by atoms with E-state index in [1.165, 1.54) is 21.9 Å². The van der Waals surface area contributed by atoms with Gasteiger partial charge in [-0.2, -0.15) is 0 Å². The topological polar surface area (TPSA) is 53.0 Å². The smallest absolute Gasteiger partial charge is 0.246 e. The number of carbonyl (C=O) groups excluding carboxylic acids is 2. The Hall–Kier alpha value is -2.95. The molecule has 0 radical (unpaired) electrons. The number of anilines is 2. The Kier molecular flexibility index (Phi) is 3.81. The van der Waals surface area contributed by atoms with Crippen LogP contribution in [-0.4, -0.2) is 30.6 Å². The van der Waals surface area contributed by atoms with Crippen molar-refractivity contribution in [1.29, 1.82) is 0 Å². The first-order valence-corrected chi connectivity index (χ1v) is 9.52. The minimum absolute atomic E-state index is 0.0440. The molecule has 136 valence electrons. The number of imide groups is 1. The van der Waals surface area contributed by atoms with Gasteiger partial charge in [-0.15, -0.1) is 0 Å². The Balaban J connectivity index is 1.25. The van der Waals surface area contributed by atoms with E-state index in [9.17, 15) is 9.59 Å². The van der Waals surface area contributed by atoms with Gasteiger partial charge in [-0.3, -0.25) is 14.6 Å². The summed E-state index contributed by atoms with van der Waals surface area (Å²) in [5.41, 5.74) is 5.60. The Bertz CT molecular complexity index is 925. The third-order valence-corrected chi connectivity index (χ3v) is 5.80. The first-order valence-electron chi connectivity index (χ1n) is 9.52. The second-order valence-electron chi connectivity index (χ2n) is 7.44. The number of carbonyl (C=O) groups is 2. The maximum Gasteiger partial charge on any atom is 0.246 e. The predicted molar refractivity (Wildman–Crippen MR) is 105 cm³/mol. The third kappa shape index (κ3) is 2.74. The number of benzene rings is 2. The Morgan fingerprint density at radius 2 is 1.70 bits per heavy atom. The molecule has 2 amide bonds. The van der Waals surface area contributed by atoms with Gasteiger partial charge < -0.3 is 4.90 Å². The molecule has 0 saturated carbocycles. The molecule has 2 aromatic rings. The quantitative estimate of drug-likeness (QED) is 0.625. The summed E-state index contributed by atoms with van der Waals surface area (Å²) in [6.07, 6.45) is 2.51. The average Bonchev–Trinajstić information content (AvgIpc) is 2.73. The molecule has 4 aliphatic rings. The molecule has 2 bridgehead atoms. The summed E-state index contributed by atoms with van der Waals surface area (Å²) in [6.45, 7) is 2.67. The van der Waals surface area contributed by atoms with Crippen molar-refractivity contribution >= 4 is 28.9 Å². The molecule has 0 unspecified atom stereocenters. The number of β-lactam (4-membered cyclic amide) rings is 2. The molecular formula is C22H21N3O2. The van der Waals surface area contributed by atoms with Gasteiger partial charge in [0.05, 0.1) is 12.2 Å². The zero-order valence-corrected chi connectivity index (χ0v) is 15.1. The fraction of sp³-hybridized carbons (Fsp3) is 0.318. The fourth-order valence-corrected chi connectivity index (χ4v) is 4.21. The number of hydrogen-bond acceptors (Lipinski definition) is 4. The fourth-order valence-electron chi connectivity index (χ4n) is 4.21. The SMILES string of the molecule is O=C1C2Cc3cc(N4CCC(=NCc5ccccc5)CC4)ccc3N1C2=O. The predicted octanol–water partition coefficient (Wildman–Crippen LogP) is 2.97. The standard InChI is InChI=1S/C22H21N3O2/c26-21-19-13-16-12-18(6-7-20(16)25(21)22(19)27)24-10-8-17(9-11-24)23-14-15-4-2-1-3-5-15/h1-7,12,19H,8-11,13-14H2. The number of rotatable bonds is 3. The Morgan fingerprint density at radius 1 is 0.963 bits per heavy atom. The highest BCUT2D eigenvalue weighted by molar-refractivity contribution is 6.34. The third-order valence-electron chi connectivity index (χ3n) is 5.80. The first kappa shape index (κ1) is 16.2. The van der Waals surface area contributed by atoms with Crippen LogP contribution in [0.25, 0.3) is 0 Å². The molecule has 2 fully saturated rings. The number of piperidine rings is 1. The van der Waals surface area contributed by atoms with E-state index >= 15 is 0 Å². The Morgan fingerprint density at radius 3 is 2.44 bits per heavy atom. The van der Waals surface area contributed by atoms with E-state index in [1.54, 1.807) is 0 Å². The molecule has 0 spiro atoms. The van der Waals surface area contributed by atoms with Crippen LogP contribution in [0, 0.1) is 5.92 Å². The van der Waals surface area contributed by atoms with Crippen molar-refractivity contribution in [1.82, 2.24) is 0 Å². The summed E-state index contributed by atoms with van der Waals surface area (Å²) in [6, 6.07) is 16.5. The van der Waals surface area contributed by atoms with E-state index < -0.39 is 5.92 Å². The molecule has 5 nitrogen and oxygen atoms in total. The van der Waals surface area contributed by atoms with Gasteiger partial charge in [0.2, 0.25) is 11.8 Å². The molecule has 0 N–H and O–H groups in total. The molecule has 6 rings (SSSR count). The van der Waals surface area contributed by atoms with Crippen LogP contribution in [0.5, 0.6) is 0 Å². The summed E-state index contributed by atoms with van der Waals surface area (Å²) in [7, 11) is 0. The highest BCUT2D eigenvalue weighted by Crippen LogP contribution is 2.41. The van der Waals surface area contributed by atoms with Crippen molar-refractivity contribution in [3.8, 4) is 0 Å². The lowest BCUT2D eigenvalue weighted by Gasteiger charge is -2.42. The number of aliphatic imine (C=N–C) groups is 1. The summed E-state index contributed by atoms with van der Waals surface area (Å²) in [4.78, 5) is 32.3. The summed E-state index contributed by atoms with van der Waals surface area (Å²) in [5, 5.41) is 0. The van der Waals surface area contributed by atoms with Crippen molar-refractivity contribution in [2.45, 2.75) is 25.8 Å². The van der Waals surface area contributed by atoms with Gasteiger partial charge in [0.15, 0.2) is 0 Å². The largest absolute Gasteiger partial charge is 0.371 e. The van der Waals surface area contributed by atoms with Crippen LogP contribution in [0.1, 0.15) is 24.0 Å². The van der Waals surface area contributed by atoms with E-state index in [0.717, 1.165) is 43.7 Å². The van der Waals surface area contributed by atoms with E-state index in [2.05, 4.69) is 35.2 Å². The molecule has 4 aliphatic heterocycles. The van der Waals surface area contributed by atoms with Crippen LogP contribution < -0.4 is 9.80 Å². The molecule has 27 heavy (non-hydrogen) atoms. The van der Waals surface area contributed by atoms with Crippen LogP contribution in [-0.2, 0) is 22.6 Å². The van der Waals surface area contributed by atoms with Gasteiger partial charge in [-0.05, 0) is 35.7 Å². The van der Waals surface area contributed by atoms with Gasteiger partial charge in [0.1, 0.15) is 5.92 Å². The molecular weight excluding hydrogens is 338 g/mol. The van der Waals surface area contributed by atoms with Crippen LogP contribution in [0.3, 0.4) is 0 Å². The van der Waals surface area contributed by atoms with Gasteiger partial charge >= 0.3 is 0 Å². The maximum atomic E-state index is 11.9. The van der Waals surface area contributed by atoms with Crippen LogP contribution >= 0.6 is 0 Å². The lowest BCUT2D eigenvalue weighted by Crippen LogP contribution is -2.61. The zero-order valence-electron chi connectivity index (χ0n) is 15.1. The van der Waals surface area contributed by atoms with E-state index in [0.29, 0.717) is 6.42 Å². The van der Waals surface area contributed by atoms with Crippen molar-refractivity contribution < 1.29 is 9.59 Å². The molecule has 2 aromatic carbocycles. The number of amides is 2. The van der Waals surface area contributed by atoms with Gasteiger partial charge in [0.25, 0.3) is 0 Å². The molecule has 4 heterocycles. The average molecular weight is 359 g/mol. The summed E-state index contributed by atoms with van der Waals surface area (Å²) in [5.74, 6) is -0.527. The maximum absolute atomic E-state index is 11.9. The number of hydrogen-bond donors (Lipinski definition) is 0. The minimum atomic E-state index is -0.439.